The Morgan fingerprint density at radius 1 is 1.13 bits per heavy atom. The highest BCUT2D eigenvalue weighted by Gasteiger charge is 2.12. The van der Waals surface area contributed by atoms with E-state index in [0.29, 0.717) is 10.9 Å². The molecule has 23 heavy (non-hydrogen) atoms. The van der Waals surface area contributed by atoms with Crippen molar-refractivity contribution in [1.29, 1.82) is 0 Å². The number of nitrogens with one attached hydrogen (secondary N) is 2. The van der Waals surface area contributed by atoms with Gasteiger partial charge < -0.3 is 10.6 Å². The average molecular weight is 332 g/mol. The summed E-state index contributed by atoms with van der Waals surface area (Å²) in [6.45, 7) is 0. The third kappa shape index (κ3) is 3.67. The molecule has 0 saturated heterocycles. The maximum absolute atomic E-state index is 13.1. The molecule has 1 aromatic carbocycles. The fourth-order valence-electron chi connectivity index (χ4n) is 1.75. The number of rotatable bonds is 4. The van der Waals surface area contributed by atoms with Crippen LogP contribution in [-0.2, 0) is 0 Å². The molecule has 0 aliphatic rings. The van der Waals surface area contributed by atoms with Crippen LogP contribution in [0.4, 0.5) is 25.4 Å². The highest BCUT2D eigenvalue weighted by molar-refractivity contribution is 7.14. The van der Waals surface area contributed by atoms with E-state index in [2.05, 4.69) is 20.6 Å². The van der Waals surface area contributed by atoms with E-state index >= 15 is 0 Å². The number of pyridine rings is 1. The van der Waals surface area contributed by atoms with Gasteiger partial charge in [-0.2, -0.15) is 0 Å². The van der Waals surface area contributed by atoms with Gasteiger partial charge in [-0.3, -0.25) is 4.79 Å². The van der Waals surface area contributed by atoms with Gasteiger partial charge >= 0.3 is 0 Å². The second kappa shape index (κ2) is 6.49. The molecule has 0 fully saturated rings. The maximum atomic E-state index is 13.1. The number of hydrogen-bond acceptors (Lipinski definition) is 5. The number of amides is 1. The summed E-state index contributed by atoms with van der Waals surface area (Å²) < 4.78 is 26.0. The molecule has 0 unspecified atom stereocenters. The van der Waals surface area contributed by atoms with Gasteiger partial charge in [0.2, 0.25) is 0 Å². The number of thiazole rings is 1. The number of halogens is 2. The van der Waals surface area contributed by atoms with E-state index in [0.717, 1.165) is 12.1 Å². The number of aromatic nitrogens is 2. The van der Waals surface area contributed by atoms with Crippen molar-refractivity contribution in [3.8, 4) is 0 Å². The first-order valence-corrected chi connectivity index (χ1v) is 7.40. The highest BCUT2D eigenvalue weighted by atomic mass is 32.1. The summed E-state index contributed by atoms with van der Waals surface area (Å²) >= 11 is 1.23. The predicted molar refractivity (Wildman–Crippen MR) is 83.9 cm³/mol. The van der Waals surface area contributed by atoms with Gasteiger partial charge in [0.1, 0.15) is 11.5 Å². The van der Waals surface area contributed by atoms with Crippen LogP contribution in [-0.4, -0.2) is 15.9 Å². The number of benzene rings is 1. The highest BCUT2D eigenvalue weighted by Crippen LogP contribution is 2.20. The standard InChI is InChI=1S/C15H10F2N4OS/c16-10-5-4-9(7-11(10)17)19-14(22)12-8-23-15(20-12)21-13-3-1-2-6-18-13/h1-8H,(H,19,22)(H,18,20,21). The molecule has 1 amide bonds. The zero-order valence-electron chi connectivity index (χ0n) is 11.6. The number of carbonyl (C=O) groups excluding carboxylic acids is 1. The predicted octanol–water partition coefficient (Wildman–Crippen LogP) is 3.81. The number of anilines is 3. The van der Waals surface area contributed by atoms with Crippen molar-refractivity contribution >= 4 is 33.9 Å². The van der Waals surface area contributed by atoms with Crippen LogP contribution in [0.3, 0.4) is 0 Å². The molecule has 5 nitrogen and oxygen atoms in total. The minimum absolute atomic E-state index is 0.154. The summed E-state index contributed by atoms with van der Waals surface area (Å²) in [6.07, 6.45) is 1.63. The van der Waals surface area contributed by atoms with Crippen molar-refractivity contribution in [3.05, 3.63) is 65.3 Å². The SMILES string of the molecule is O=C(Nc1ccc(F)c(F)c1)c1csc(Nc2ccccn2)n1. The lowest BCUT2D eigenvalue weighted by Crippen LogP contribution is -2.12. The molecule has 0 aliphatic carbocycles. The number of hydrogen-bond donors (Lipinski definition) is 2. The monoisotopic (exact) mass is 332 g/mol. The van der Waals surface area contributed by atoms with Crippen molar-refractivity contribution < 1.29 is 13.6 Å². The van der Waals surface area contributed by atoms with Gasteiger partial charge in [0.25, 0.3) is 5.91 Å². The largest absolute Gasteiger partial charge is 0.321 e. The summed E-state index contributed by atoms with van der Waals surface area (Å²) in [5.74, 6) is -1.91. The van der Waals surface area contributed by atoms with Crippen LogP contribution in [0, 0.1) is 11.6 Å². The molecule has 0 spiro atoms. The van der Waals surface area contributed by atoms with Gasteiger partial charge in [-0.1, -0.05) is 6.07 Å². The molecular formula is C15H10F2N4OS. The average Bonchev–Trinajstić information content (AvgIpc) is 3.00. The van der Waals surface area contributed by atoms with Gasteiger partial charge in [0.15, 0.2) is 16.8 Å². The zero-order chi connectivity index (χ0) is 16.2. The smallest absolute Gasteiger partial charge is 0.275 e. The van der Waals surface area contributed by atoms with E-state index in [1.165, 1.54) is 17.4 Å². The first-order valence-electron chi connectivity index (χ1n) is 6.52. The van der Waals surface area contributed by atoms with Gasteiger partial charge in [-0.05, 0) is 24.3 Å². The van der Waals surface area contributed by atoms with Crippen LogP contribution in [0.25, 0.3) is 0 Å². The van der Waals surface area contributed by atoms with E-state index in [4.69, 9.17) is 0 Å². The second-order valence-corrected chi connectivity index (χ2v) is 5.32. The first kappa shape index (κ1) is 15.0. The van der Waals surface area contributed by atoms with Crippen molar-refractivity contribution in [2.24, 2.45) is 0 Å². The van der Waals surface area contributed by atoms with E-state index in [1.807, 2.05) is 6.07 Å². The Labute approximate surface area is 134 Å². The van der Waals surface area contributed by atoms with E-state index < -0.39 is 17.5 Å². The van der Waals surface area contributed by atoms with Gasteiger partial charge in [-0.15, -0.1) is 11.3 Å². The Balaban J connectivity index is 1.69. The molecule has 0 aliphatic heterocycles. The van der Waals surface area contributed by atoms with Crippen molar-refractivity contribution in [2.75, 3.05) is 10.6 Å². The van der Waals surface area contributed by atoms with E-state index in [-0.39, 0.29) is 11.4 Å². The summed E-state index contributed by atoms with van der Waals surface area (Å²) in [6, 6.07) is 8.50. The lowest BCUT2D eigenvalue weighted by molar-refractivity contribution is 0.102. The maximum Gasteiger partial charge on any atom is 0.275 e. The minimum Gasteiger partial charge on any atom is -0.321 e. The summed E-state index contributed by atoms with van der Waals surface area (Å²) in [7, 11) is 0. The Kier molecular flexibility index (Phi) is 4.24. The van der Waals surface area contributed by atoms with Crippen molar-refractivity contribution in [2.45, 2.75) is 0 Å². The van der Waals surface area contributed by atoms with Gasteiger partial charge in [0, 0.05) is 23.3 Å². The molecular weight excluding hydrogens is 322 g/mol. The normalized spacial score (nSPS) is 10.3. The molecule has 0 saturated carbocycles. The Morgan fingerprint density at radius 3 is 2.74 bits per heavy atom. The zero-order valence-corrected chi connectivity index (χ0v) is 12.4. The second-order valence-electron chi connectivity index (χ2n) is 4.46. The van der Waals surface area contributed by atoms with Crippen LogP contribution in [0.5, 0.6) is 0 Å². The van der Waals surface area contributed by atoms with Crippen LogP contribution in [0.2, 0.25) is 0 Å². The molecule has 2 heterocycles. The Hall–Kier alpha value is -2.87. The fourth-order valence-corrected chi connectivity index (χ4v) is 2.45. The molecule has 2 N–H and O–H groups in total. The van der Waals surface area contributed by atoms with Gasteiger partial charge in [0.05, 0.1) is 0 Å². The number of carbonyl (C=O) groups is 1. The summed E-state index contributed by atoms with van der Waals surface area (Å²) in [5.41, 5.74) is 0.319. The topological polar surface area (TPSA) is 66.9 Å². The first-order chi connectivity index (χ1) is 11.1. The molecule has 3 rings (SSSR count). The quantitative estimate of drug-likeness (QED) is 0.762. The molecule has 2 aromatic heterocycles. The van der Waals surface area contributed by atoms with Crippen LogP contribution in [0.1, 0.15) is 10.5 Å². The van der Waals surface area contributed by atoms with Crippen molar-refractivity contribution in [3.63, 3.8) is 0 Å². The van der Waals surface area contributed by atoms with Crippen LogP contribution >= 0.6 is 11.3 Å². The Bertz CT molecular complexity index is 839. The Morgan fingerprint density at radius 2 is 2.00 bits per heavy atom. The fraction of sp³-hybridized carbons (Fsp3) is 0. The third-order valence-electron chi connectivity index (χ3n) is 2.81. The minimum atomic E-state index is -1.03. The lowest BCUT2D eigenvalue weighted by Gasteiger charge is -2.03. The van der Waals surface area contributed by atoms with E-state index in [1.54, 1.807) is 23.7 Å². The molecule has 8 heteroatoms. The van der Waals surface area contributed by atoms with Crippen molar-refractivity contribution in [1.82, 2.24) is 9.97 Å². The van der Waals surface area contributed by atoms with Gasteiger partial charge in [-0.25, -0.2) is 18.7 Å². The summed E-state index contributed by atoms with van der Waals surface area (Å²) in [4.78, 5) is 20.3. The molecule has 3 aromatic rings. The van der Waals surface area contributed by atoms with E-state index in [9.17, 15) is 13.6 Å². The molecule has 0 bridgehead atoms. The van der Waals surface area contributed by atoms with Crippen LogP contribution < -0.4 is 10.6 Å². The van der Waals surface area contributed by atoms with Crippen LogP contribution in [0.15, 0.2) is 48.0 Å². The summed E-state index contributed by atoms with van der Waals surface area (Å²) in [5, 5.41) is 7.48. The molecule has 0 atom stereocenters. The number of nitrogens with zero attached hydrogens (tertiary/aromatic N) is 2. The molecule has 116 valence electrons. The molecule has 0 radical (unpaired) electrons. The third-order valence-corrected chi connectivity index (χ3v) is 3.57. The lowest BCUT2D eigenvalue weighted by atomic mass is 10.3.